The zero-order chi connectivity index (χ0) is 42.8. The van der Waals surface area contributed by atoms with E-state index in [9.17, 15) is 0 Å². The highest BCUT2D eigenvalue weighted by Gasteiger charge is 2.36. The fourth-order valence-corrected chi connectivity index (χ4v) is 9.97. The molecule has 0 aromatic heterocycles. The summed E-state index contributed by atoms with van der Waals surface area (Å²) in [6.07, 6.45) is 6.04. The number of hydrogen-bond donors (Lipinski definition) is 0. The summed E-state index contributed by atoms with van der Waals surface area (Å²) >= 11 is 0. The first-order valence-electron chi connectivity index (χ1n) is 22.5. The van der Waals surface area contributed by atoms with Crippen LogP contribution in [0.25, 0.3) is 22.3 Å². The molecule has 0 unspecified atom stereocenters. The van der Waals surface area contributed by atoms with Gasteiger partial charge in [-0.25, -0.2) is 0 Å². The maximum atomic E-state index is 2.42. The fourth-order valence-electron chi connectivity index (χ4n) is 9.97. The molecule has 2 nitrogen and oxygen atoms in total. The zero-order valence-electron chi connectivity index (χ0n) is 37.3. The second-order valence-corrected chi connectivity index (χ2v) is 17.7. The summed E-state index contributed by atoms with van der Waals surface area (Å²) < 4.78 is 0. The van der Waals surface area contributed by atoms with Crippen molar-refractivity contribution in [2.24, 2.45) is 0 Å². The summed E-state index contributed by atoms with van der Waals surface area (Å²) in [4.78, 5) is 4.82. The number of hydrogen-bond acceptors (Lipinski definition) is 2. The van der Waals surface area contributed by atoms with Gasteiger partial charge in [0.05, 0.1) is 0 Å². The molecule has 62 heavy (non-hydrogen) atoms. The summed E-state index contributed by atoms with van der Waals surface area (Å²) in [6, 6.07) is 68.2. The van der Waals surface area contributed by atoms with E-state index in [0.29, 0.717) is 0 Å². The van der Waals surface area contributed by atoms with Crippen LogP contribution >= 0.6 is 0 Å². The largest absolute Gasteiger partial charge is 0.310 e. The van der Waals surface area contributed by atoms with Crippen LogP contribution < -0.4 is 9.80 Å². The standard InChI is InChI=1S/C60H58N2/c1-42-18-26-50(27-19-42)61(54-34-36-58(46(5)40-54)56-16-10-8-14-44(56)3)52-30-22-48(23-31-52)60(38-12-7-13-39-60)49-24-32-53(33-25-49)62(51-28-20-43(2)21-29-51)55-35-37-59(47(6)41-55)57-17-11-9-15-45(57)4/h8-11,14-37,40-41H,7,12-13,38-39H2,1-6H3. The molecular formula is C60H58N2. The van der Waals surface area contributed by atoms with Gasteiger partial charge < -0.3 is 9.80 Å². The Hall–Kier alpha value is -6.64. The Morgan fingerprint density at radius 2 is 0.629 bits per heavy atom. The van der Waals surface area contributed by atoms with Crippen molar-refractivity contribution in [3.63, 3.8) is 0 Å². The second kappa shape index (κ2) is 17.4. The van der Waals surface area contributed by atoms with Crippen LogP contribution in [0.1, 0.15) is 76.6 Å². The van der Waals surface area contributed by atoms with Gasteiger partial charge in [-0.3, -0.25) is 0 Å². The third-order valence-electron chi connectivity index (χ3n) is 13.5. The van der Waals surface area contributed by atoms with E-state index in [-0.39, 0.29) is 5.41 Å². The molecule has 2 heteroatoms. The Morgan fingerprint density at radius 1 is 0.306 bits per heavy atom. The Kier molecular flexibility index (Phi) is 11.4. The highest BCUT2D eigenvalue weighted by molar-refractivity contribution is 5.82. The Labute approximate surface area is 370 Å². The van der Waals surface area contributed by atoms with Crippen molar-refractivity contribution in [3.05, 3.63) is 226 Å². The lowest BCUT2D eigenvalue weighted by molar-refractivity contribution is 0.346. The van der Waals surface area contributed by atoms with Gasteiger partial charge in [0, 0.05) is 39.5 Å². The maximum Gasteiger partial charge on any atom is 0.0464 e. The summed E-state index contributed by atoms with van der Waals surface area (Å²) in [5, 5.41) is 0. The van der Waals surface area contributed by atoms with Crippen LogP contribution in [-0.4, -0.2) is 0 Å². The third kappa shape index (κ3) is 7.98. The van der Waals surface area contributed by atoms with E-state index in [0.717, 1.165) is 35.6 Å². The summed E-state index contributed by atoms with van der Waals surface area (Å²) in [5.74, 6) is 0. The molecule has 0 amide bonds. The second-order valence-electron chi connectivity index (χ2n) is 17.7. The first-order chi connectivity index (χ1) is 30.2. The Balaban J connectivity index is 1.07. The van der Waals surface area contributed by atoms with E-state index in [1.807, 2.05) is 0 Å². The van der Waals surface area contributed by atoms with Gasteiger partial charge in [-0.2, -0.15) is 0 Å². The highest BCUT2D eigenvalue weighted by Crippen LogP contribution is 2.47. The molecule has 8 aromatic rings. The van der Waals surface area contributed by atoms with Crippen molar-refractivity contribution in [2.45, 2.75) is 79.1 Å². The van der Waals surface area contributed by atoms with Gasteiger partial charge in [0.25, 0.3) is 0 Å². The molecule has 0 spiro atoms. The molecule has 1 fully saturated rings. The third-order valence-corrected chi connectivity index (χ3v) is 13.5. The molecule has 1 aliphatic carbocycles. The van der Waals surface area contributed by atoms with Crippen LogP contribution in [0.5, 0.6) is 0 Å². The predicted molar refractivity (Wildman–Crippen MR) is 265 cm³/mol. The van der Waals surface area contributed by atoms with Crippen molar-refractivity contribution in [1.82, 2.24) is 0 Å². The first kappa shape index (κ1) is 40.7. The lowest BCUT2D eigenvalue weighted by atomic mass is 9.65. The van der Waals surface area contributed by atoms with Gasteiger partial charge in [0.1, 0.15) is 0 Å². The van der Waals surface area contributed by atoms with E-state index < -0.39 is 0 Å². The highest BCUT2D eigenvalue weighted by atomic mass is 15.1. The first-order valence-corrected chi connectivity index (χ1v) is 22.5. The van der Waals surface area contributed by atoms with Crippen LogP contribution in [0.4, 0.5) is 34.1 Å². The predicted octanol–water partition coefficient (Wildman–Crippen LogP) is 17.1. The van der Waals surface area contributed by atoms with Crippen molar-refractivity contribution in [2.75, 3.05) is 9.80 Å². The molecule has 9 rings (SSSR count). The zero-order valence-corrected chi connectivity index (χ0v) is 37.3. The molecule has 0 bridgehead atoms. The molecule has 0 N–H and O–H groups in total. The molecule has 1 aliphatic rings. The molecule has 1 saturated carbocycles. The number of benzene rings is 8. The lowest BCUT2D eigenvalue weighted by Gasteiger charge is -2.39. The molecule has 0 saturated heterocycles. The monoisotopic (exact) mass is 806 g/mol. The van der Waals surface area contributed by atoms with Gasteiger partial charge in [0.15, 0.2) is 0 Å². The van der Waals surface area contributed by atoms with Gasteiger partial charge in [0.2, 0.25) is 0 Å². The molecule has 308 valence electrons. The molecular weight excluding hydrogens is 749 g/mol. The smallest absolute Gasteiger partial charge is 0.0464 e. The van der Waals surface area contributed by atoms with Crippen molar-refractivity contribution in [3.8, 4) is 22.3 Å². The molecule has 0 heterocycles. The van der Waals surface area contributed by atoms with E-state index in [4.69, 9.17) is 0 Å². The average Bonchev–Trinajstić information content (AvgIpc) is 3.29. The van der Waals surface area contributed by atoms with Crippen LogP contribution in [0, 0.1) is 41.5 Å². The van der Waals surface area contributed by atoms with Gasteiger partial charge in [-0.05, 0) is 183 Å². The average molecular weight is 807 g/mol. The lowest BCUT2D eigenvalue weighted by Crippen LogP contribution is -2.30. The fraction of sp³-hybridized carbons (Fsp3) is 0.200. The van der Waals surface area contributed by atoms with Crippen LogP contribution in [0.15, 0.2) is 182 Å². The minimum absolute atomic E-state index is 0.0454. The van der Waals surface area contributed by atoms with Gasteiger partial charge in [-0.15, -0.1) is 0 Å². The number of anilines is 6. The maximum absolute atomic E-state index is 2.42. The molecule has 8 aromatic carbocycles. The number of aryl methyl sites for hydroxylation is 6. The van der Waals surface area contributed by atoms with E-state index >= 15 is 0 Å². The minimum atomic E-state index is -0.0454. The minimum Gasteiger partial charge on any atom is -0.310 e. The van der Waals surface area contributed by atoms with E-state index in [1.165, 1.54) is 97.4 Å². The summed E-state index contributed by atoms with van der Waals surface area (Å²) in [7, 11) is 0. The number of rotatable bonds is 10. The SMILES string of the molecule is Cc1ccc(N(c2ccc(C3(c4ccc(N(c5ccc(C)cc5)c5ccc(-c6ccccc6C)c(C)c5)cc4)CCCCC3)cc2)c2ccc(-c3ccccc3C)c(C)c2)cc1. The molecule has 0 aliphatic heterocycles. The van der Waals surface area contributed by atoms with E-state index in [2.05, 4.69) is 233 Å². The van der Waals surface area contributed by atoms with Crippen LogP contribution in [0.3, 0.4) is 0 Å². The van der Waals surface area contributed by atoms with E-state index in [1.54, 1.807) is 0 Å². The number of nitrogens with zero attached hydrogens (tertiary/aromatic N) is 2. The normalized spacial score (nSPS) is 13.5. The Morgan fingerprint density at radius 3 is 0.984 bits per heavy atom. The van der Waals surface area contributed by atoms with Crippen molar-refractivity contribution < 1.29 is 0 Å². The molecule has 0 radical (unpaired) electrons. The molecule has 0 atom stereocenters. The van der Waals surface area contributed by atoms with Crippen molar-refractivity contribution in [1.29, 1.82) is 0 Å². The Bertz CT molecular complexity index is 2620. The quantitative estimate of drug-likeness (QED) is 0.136. The van der Waals surface area contributed by atoms with Crippen molar-refractivity contribution >= 4 is 34.1 Å². The topological polar surface area (TPSA) is 6.48 Å². The van der Waals surface area contributed by atoms with Crippen LogP contribution in [0.2, 0.25) is 0 Å². The van der Waals surface area contributed by atoms with Gasteiger partial charge >= 0.3 is 0 Å². The summed E-state index contributed by atoms with van der Waals surface area (Å²) in [5.41, 5.74) is 22.5. The summed E-state index contributed by atoms with van der Waals surface area (Å²) in [6.45, 7) is 13.2. The van der Waals surface area contributed by atoms with Crippen LogP contribution in [-0.2, 0) is 5.41 Å². The van der Waals surface area contributed by atoms with Gasteiger partial charge in [-0.1, -0.05) is 140 Å².